The van der Waals surface area contributed by atoms with Crippen molar-refractivity contribution in [2.45, 2.75) is 46.0 Å². The Labute approximate surface area is 174 Å². The van der Waals surface area contributed by atoms with Crippen LogP contribution in [0.15, 0.2) is 10.4 Å². The SMILES string of the molecule is CN=C(NCCCc1nc(C)cs1)NCCCN1CCC(C)CC1.I. The van der Waals surface area contributed by atoms with E-state index >= 15 is 0 Å². The molecule has 0 amide bonds. The molecule has 1 aromatic rings. The zero-order chi connectivity index (χ0) is 17.2. The number of guanidine groups is 1. The van der Waals surface area contributed by atoms with Crippen LogP contribution in [0.3, 0.4) is 0 Å². The number of hydrogen-bond donors (Lipinski definition) is 2. The molecule has 1 saturated heterocycles. The van der Waals surface area contributed by atoms with Crippen LogP contribution in [0.1, 0.15) is 43.3 Å². The average Bonchev–Trinajstić information content (AvgIpc) is 3.00. The number of halogens is 1. The van der Waals surface area contributed by atoms with Crippen LogP contribution in [0.25, 0.3) is 0 Å². The summed E-state index contributed by atoms with van der Waals surface area (Å²) in [7, 11) is 1.84. The maximum absolute atomic E-state index is 4.50. The van der Waals surface area contributed by atoms with Gasteiger partial charge < -0.3 is 15.5 Å². The molecule has 0 aliphatic carbocycles. The van der Waals surface area contributed by atoms with Gasteiger partial charge in [0.15, 0.2) is 5.96 Å². The van der Waals surface area contributed by atoms with Gasteiger partial charge in [0.1, 0.15) is 0 Å². The van der Waals surface area contributed by atoms with Crippen molar-refractivity contribution >= 4 is 41.3 Å². The largest absolute Gasteiger partial charge is 0.356 e. The number of aromatic nitrogens is 1. The summed E-state index contributed by atoms with van der Waals surface area (Å²) >= 11 is 1.76. The molecule has 0 radical (unpaired) electrons. The summed E-state index contributed by atoms with van der Waals surface area (Å²) in [6, 6.07) is 0. The number of rotatable bonds is 8. The maximum atomic E-state index is 4.50. The Kier molecular flexibility index (Phi) is 11.6. The van der Waals surface area contributed by atoms with E-state index in [0.29, 0.717) is 0 Å². The first-order valence-electron chi connectivity index (χ1n) is 9.25. The van der Waals surface area contributed by atoms with Gasteiger partial charge in [-0.1, -0.05) is 6.92 Å². The highest BCUT2D eigenvalue weighted by molar-refractivity contribution is 14.0. The quantitative estimate of drug-likeness (QED) is 0.260. The molecule has 0 unspecified atom stereocenters. The third-order valence-electron chi connectivity index (χ3n) is 4.57. The van der Waals surface area contributed by atoms with Crippen LogP contribution in [0, 0.1) is 12.8 Å². The molecular weight excluding hydrogens is 445 g/mol. The van der Waals surface area contributed by atoms with Gasteiger partial charge >= 0.3 is 0 Å². The molecule has 0 bridgehead atoms. The second-order valence-electron chi connectivity index (χ2n) is 6.79. The van der Waals surface area contributed by atoms with Gasteiger partial charge in [0.2, 0.25) is 0 Å². The van der Waals surface area contributed by atoms with E-state index < -0.39 is 0 Å². The third-order valence-corrected chi connectivity index (χ3v) is 5.60. The van der Waals surface area contributed by atoms with Crippen LogP contribution >= 0.6 is 35.3 Å². The molecule has 2 heterocycles. The van der Waals surface area contributed by atoms with E-state index in [0.717, 1.165) is 43.5 Å². The minimum atomic E-state index is 0. The zero-order valence-electron chi connectivity index (χ0n) is 15.9. The number of nitrogens with one attached hydrogen (secondary N) is 2. The number of piperidine rings is 1. The number of thiazole rings is 1. The van der Waals surface area contributed by atoms with Gasteiger partial charge in [0.05, 0.1) is 5.01 Å². The van der Waals surface area contributed by atoms with Crippen LogP contribution in [-0.2, 0) is 6.42 Å². The lowest BCUT2D eigenvalue weighted by Gasteiger charge is -2.30. The van der Waals surface area contributed by atoms with Crippen molar-refractivity contribution in [3.63, 3.8) is 0 Å². The number of hydrogen-bond acceptors (Lipinski definition) is 4. The Morgan fingerprint density at radius 3 is 2.56 bits per heavy atom. The number of nitrogens with zero attached hydrogens (tertiary/aromatic N) is 3. The smallest absolute Gasteiger partial charge is 0.190 e. The predicted molar refractivity (Wildman–Crippen MR) is 119 cm³/mol. The highest BCUT2D eigenvalue weighted by Crippen LogP contribution is 2.15. The van der Waals surface area contributed by atoms with E-state index in [-0.39, 0.29) is 24.0 Å². The van der Waals surface area contributed by atoms with E-state index in [9.17, 15) is 0 Å². The summed E-state index contributed by atoms with van der Waals surface area (Å²) in [5.74, 6) is 1.83. The molecule has 1 aliphatic rings. The molecule has 2 N–H and O–H groups in total. The summed E-state index contributed by atoms with van der Waals surface area (Å²) < 4.78 is 0. The molecule has 0 atom stereocenters. The minimum absolute atomic E-state index is 0. The van der Waals surface area contributed by atoms with Crippen molar-refractivity contribution < 1.29 is 0 Å². The molecule has 1 aliphatic heterocycles. The van der Waals surface area contributed by atoms with Crippen LogP contribution in [0.2, 0.25) is 0 Å². The Hall–Kier alpha value is -0.410. The second kappa shape index (κ2) is 12.9. The molecule has 0 aromatic carbocycles. The normalized spacial score (nSPS) is 16.5. The van der Waals surface area contributed by atoms with Crippen molar-refractivity contribution in [1.82, 2.24) is 20.5 Å². The summed E-state index contributed by atoms with van der Waals surface area (Å²) in [5, 5.41) is 10.2. The number of aryl methyl sites for hydroxylation is 2. The van der Waals surface area contributed by atoms with E-state index in [1.165, 1.54) is 43.9 Å². The van der Waals surface area contributed by atoms with E-state index in [1.54, 1.807) is 11.3 Å². The molecule has 5 nitrogen and oxygen atoms in total. The monoisotopic (exact) mass is 479 g/mol. The van der Waals surface area contributed by atoms with Crippen molar-refractivity contribution in [3.05, 3.63) is 16.1 Å². The fraction of sp³-hybridized carbons (Fsp3) is 0.778. The average molecular weight is 479 g/mol. The minimum Gasteiger partial charge on any atom is -0.356 e. The van der Waals surface area contributed by atoms with Gasteiger partial charge in [-0.15, -0.1) is 35.3 Å². The fourth-order valence-corrected chi connectivity index (χ4v) is 3.80. The van der Waals surface area contributed by atoms with Gasteiger partial charge in [-0.25, -0.2) is 4.98 Å². The number of likely N-dealkylation sites (tertiary alicyclic amines) is 1. The molecule has 0 spiro atoms. The van der Waals surface area contributed by atoms with Gasteiger partial charge in [0.25, 0.3) is 0 Å². The Bertz CT molecular complexity index is 497. The van der Waals surface area contributed by atoms with Crippen LogP contribution in [0.5, 0.6) is 0 Å². The molecule has 2 rings (SSSR count). The van der Waals surface area contributed by atoms with Gasteiger partial charge in [-0.2, -0.15) is 0 Å². The molecule has 7 heteroatoms. The molecule has 1 aromatic heterocycles. The highest BCUT2D eigenvalue weighted by atomic mass is 127. The van der Waals surface area contributed by atoms with Crippen LogP contribution in [-0.4, -0.2) is 55.6 Å². The summed E-state index contributed by atoms with van der Waals surface area (Å²) in [6.45, 7) is 10.1. The third kappa shape index (κ3) is 9.19. The van der Waals surface area contributed by atoms with Gasteiger partial charge in [-0.3, -0.25) is 4.99 Å². The van der Waals surface area contributed by atoms with Crippen molar-refractivity contribution in [2.75, 3.05) is 39.8 Å². The van der Waals surface area contributed by atoms with Crippen LogP contribution < -0.4 is 10.6 Å². The Morgan fingerprint density at radius 2 is 1.96 bits per heavy atom. The summed E-state index contributed by atoms with van der Waals surface area (Å²) in [6.07, 6.45) is 6.01. The highest BCUT2D eigenvalue weighted by Gasteiger charge is 2.14. The predicted octanol–water partition coefficient (Wildman–Crippen LogP) is 3.29. The van der Waals surface area contributed by atoms with E-state index in [2.05, 4.69) is 44.7 Å². The summed E-state index contributed by atoms with van der Waals surface area (Å²) in [5.41, 5.74) is 1.13. The molecule has 25 heavy (non-hydrogen) atoms. The molecule has 0 saturated carbocycles. The second-order valence-corrected chi connectivity index (χ2v) is 7.73. The van der Waals surface area contributed by atoms with Gasteiger partial charge in [0, 0.05) is 37.6 Å². The lowest BCUT2D eigenvalue weighted by Crippen LogP contribution is -2.40. The van der Waals surface area contributed by atoms with Crippen molar-refractivity contribution in [1.29, 1.82) is 0 Å². The first-order chi connectivity index (χ1) is 11.7. The zero-order valence-corrected chi connectivity index (χ0v) is 19.0. The van der Waals surface area contributed by atoms with Crippen molar-refractivity contribution in [3.8, 4) is 0 Å². The first-order valence-corrected chi connectivity index (χ1v) is 10.1. The Morgan fingerprint density at radius 1 is 1.28 bits per heavy atom. The van der Waals surface area contributed by atoms with Crippen LogP contribution in [0.4, 0.5) is 0 Å². The molecule has 1 fully saturated rings. The fourth-order valence-electron chi connectivity index (χ4n) is 2.98. The number of aliphatic imine (C=N–C) groups is 1. The Balaban J connectivity index is 0.00000312. The topological polar surface area (TPSA) is 52.6 Å². The van der Waals surface area contributed by atoms with Crippen molar-refractivity contribution in [2.24, 2.45) is 10.9 Å². The first kappa shape index (κ1) is 22.6. The van der Waals surface area contributed by atoms with Gasteiger partial charge in [-0.05, 0) is 58.2 Å². The molecular formula is C18H34IN5S. The summed E-state index contributed by atoms with van der Waals surface area (Å²) in [4.78, 5) is 11.4. The van der Waals surface area contributed by atoms with E-state index in [1.807, 2.05) is 7.05 Å². The lowest BCUT2D eigenvalue weighted by molar-refractivity contribution is 0.191. The van der Waals surface area contributed by atoms with E-state index in [4.69, 9.17) is 0 Å². The molecule has 144 valence electrons. The lowest BCUT2D eigenvalue weighted by atomic mass is 9.99. The standard InChI is InChI=1S/C18H33N5S.HI/c1-15-7-12-23(13-8-15)11-5-10-21-18(19-3)20-9-4-6-17-22-16(2)14-24-17;/h14-15H,4-13H2,1-3H3,(H2,19,20,21);1H. The maximum Gasteiger partial charge on any atom is 0.190 e.